The molecule has 6 heteroatoms. The first-order valence-corrected chi connectivity index (χ1v) is 7.02. The second-order valence-corrected chi connectivity index (χ2v) is 6.17. The van der Waals surface area contributed by atoms with Crippen LogP contribution in [0.2, 0.25) is 0 Å². The monoisotopic (exact) mass is 307 g/mol. The van der Waals surface area contributed by atoms with Gasteiger partial charge in [0.1, 0.15) is 11.6 Å². The van der Waals surface area contributed by atoms with E-state index in [9.17, 15) is 4.39 Å². The molecular formula is C15H18FN3OS. The molecule has 1 aromatic heterocycles. The minimum absolute atomic E-state index is 0.101. The topological polar surface area (TPSA) is 50.1 Å². The lowest BCUT2D eigenvalue weighted by Crippen LogP contribution is -2.28. The Morgan fingerprint density at radius 2 is 1.95 bits per heavy atom. The van der Waals surface area contributed by atoms with Gasteiger partial charge < -0.3 is 15.2 Å². The summed E-state index contributed by atoms with van der Waals surface area (Å²) in [5, 5.41) is 10.4. The first-order valence-electron chi connectivity index (χ1n) is 6.61. The predicted octanol–water partition coefficient (Wildman–Crippen LogP) is 3.60. The fourth-order valence-corrected chi connectivity index (χ4v) is 1.81. The first-order chi connectivity index (χ1) is 9.84. The SMILES string of the molecule is CC(C)(C)c1cc(NC(=S)NCc2ccc(F)cc2)no1. The standard InChI is InChI=1S/C15H18FN3OS/c1-15(2,3)12-8-13(19-20-12)18-14(21)17-9-10-4-6-11(16)7-5-10/h4-8H,9H2,1-3H3,(H2,17,18,19,21). The van der Waals surface area contributed by atoms with Crippen molar-refractivity contribution >= 4 is 23.1 Å². The van der Waals surface area contributed by atoms with Gasteiger partial charge >= 0.3 is 0 Å². The van der Waals surface area contributed by atoms with Crippen LogP contribution in [0.4, 0.5) is 10.2 Å². The van der Waals surface area contributed by atoms with E-state index in [1.807, 2.05) is 26.8 Å². The van der Waals surface area contributed by atoms with E-state index >= 15 is 0 Å². The van der Waals surface area contributed by atoms with E-state index < -0.39 is 0 Å². The van der Waals surface area contributed by atoms with Crippen molar-refractivity contribution in [3.05, 3.63) is 47.5 Å². The summed E-state index contributed by atoms with van der Waals surface area (Å²) in [6.07, 6.45) is 0. The van der Waals surface area contributed by atoms with Crippen LogP contribution in [0.15, 0.2) is 34.9 Å². The Morgan fingerprint density at radius 3 is 2.52 bits per heavy atom. The van der Waals surface area contributed by atoms with E-state index in [4.69, 9.17) is 16.7 Å². The number of nitrogens with one attached hydrogen (secondary N) is 2. The Hall–Kier alpha value is -1.95. The summed E-state index contributed by atoms with van der Waals surface area (Å²) in [6, 6.07) is 8.07. The van der Waals surface area contributed by atoms with Crippen molar-refractivity contribution < 1.29 is 8.91 Å². The molecule has 0 fully saturated rings. The summed E-state index contributed by atoms with van der Waals surface area (Å²) in [5.41, 5.74) is 0.840. The van der Waals surface area contributed by atoms with Gasteiger partial charge in [-0.15, -0.1) is 0 Å². The summed E-state index contributed by atoms with van der Waals surface area (Å²) in [7, 11) is 0. The third-order valence-electron chi connectivity index (χ3n) is 2.86. The summed E-state index contributed by atoms with van der Waals surface area (Å²) < 4.78 is 18.1. The van der Waals surface area contributed by atoms with Crippen LogP contribution >= 0.6 is 12.2 Å². The predicted molar refractivity (Wildman–Crippen MR) is 84.7 cm³/mol. The van der Waals surface area contributed by atoms with Gasteiger partial charge in [-0.05, 0) is 29.9 Å². The van der Waals surface area contributed by atoms with Gasteiger partial charge in [-0.3, -0.25) is 0 Å². The van der Waals surface area contributed by atoms with Crippen LogP contribution < -0.4 is 10.6 Å². The largest absolute Gasteiger partial charge is 0.359 e. The number of rotatable bonds is 3. The number of nitrogens with zero attached hydrogens (tertiary/aromatic N) is 1. The van der Waals surface area contributed by atoms with Crippen molar-refractivity contribution in [2.75, 3.05) is 5.32 Å². The van der Waals surface area contributed by atoms with Crippen LogP contribution in [-0.2, 0) is 12.0 Å². The number of hydrogen-bond donors (Lipinski definition) is 2. The van der Waals surface area contributed by atoms with Crippen LogP contribution in [0.1, 0.15) is 32.1 Å². The van der Waals surface area contributed by atoms with Gasteiger partial charge in [-0.2, -0.15) is 0 Å². The molecule has 0 bridgehead atoms. The van der Waals surface area contributed by atoms with Gasteiger partial charge in [0.05, 0.1) is 0 Å². The fraction of sp³-hybridized carbons (Fsp3) is 0.333. The van der Waals surface area contributed by atoms with Crippen molar-refractivity contribution in [2.24, 2.45) is 0 Å². The summed E-state index contributed by atoms with van der Waals surface area (Å²) in [5.74, 6) is 1.10. The highest BCUT2D eigenvalue weighted by Crippen LogP contribution is 2.24. The minimum atomic E-state index is -0.253. The van der Waals surface area contributed by atoms with Gasteiger partial charge in [0, 0.05) is 18.0 Å². The van der Waals surface area contributed by atoms with Crippen LogP contribution in [0.3, 0.4) is 0 Å². The number of hydrogen-bond acceptors (Lipinski definition) is 3. The smallest absolute Gasteiger partial charge is 0.175 e. The van der Waals surface area contributed by atoms with Gasteiger partial charge in [0.2, 0.25) is 0 Å². The summed E-state index contributed by atoms with van der Waals surface area (Å²) >= 11 is 5.19. The molecule has 0 unspecified atom stereocenters. The van der Waals surface area contributed by atoms with E-state index in [0.717, 1.165) is 11.3 Å². The van der Waals surface area contributed by atoms with E-state index in [1.165, 1.54) is 12.1 Å². The number of thiocarbonyl (C=S) groups is 1. The average Bonchev–Trinajstić information content (AvgIpc) is 2.86. The lowest BCUT2D eigenvalue weighted by Gasteiger charge is -2.12. The van der Waals surface area contributed by atoms with Crippen molar-refractivity contribution in [2.45, 2.75) is 32.7 Å². The van der Waals surface area contributed by atoms with Crippen LogP contribution in [0.25, 0.3) is 0 Å². The van der Waals surface area contributed by atoms with E-state index in [1.54, 1.807) is 12.1 Å². The normalized spacial score (nSPS) is 11.2. The molecule has 4 nitrogen and oxygen atoms in total. The molecule has 21 heavy (non-hydrogen) atoms. The van der Waals surface area contributed by atoms with E-state index in [-0.39, 0.29) is 11.2 Å². The zero-order valence-electron chi connectivity index (χ0n) is 12.2. The van der Waals surface area contributed by atoms with Crippen molar-refractivity contribution in [3.63, 3.8) is 0 Å². The Balaban J connectivity index is 1.87. The molecule has 2 aromatic rings. The molecule has 0 amide bonds. The Morgan fingerprint density at radius 1 is 1.29 bits per heavy atom. The average molecular weight is 307 g/mol. The molecule has 0 aliphatic rings. The maximum absolute atomic E-state index is 12.8. The number of anilines is 1. The van der Waals surface area contributed by atoms with Crippen LogP contribution in [0, 0.1) is 5.82 Å². The molecule has 0 spiro atoms. The highest BCUT2D eigenvalue weighted by atomic mass is 32.1. The van der Waals surface area contributed by atoms with Crippen LogP contribution in [0.5, 0.6) is 0 Å². The van der Waals surface area contributed by atoms with Crippen molar-refractivity contribution in [1.82, 2.24) is 10.5 Å². The molecule has 1 aromatic carbocycles. The first kappa shape index (κ1) is 15.4. The zero-order chi connectivity index (χ0) is 15.5. The van der Waals surface area contributed by atoms with Crippen molar-refractivity contribution in [1.29, 1.82) is 0 Å². The van der Waals surface area contributed by atoms with Gasteiger partial charge in [-0.1, -0.05) is 38.1 Å². The number of benzene rings is 1. The second kappa shape index (κ2) is 6.22. The molecule has 2 rings (SSSR count). The Labute approximate surface area is 128 Å². The maximum atomic E-state index is 12.8. The third-order valence-corrected chi connectivity index (χ3v) is 3.10. The molecule has 0 aliphatic carbocycles. The molecule has 0 aliphatic heterocycles. The minimum Gasteiger partial charge on any atom is -0.359 e. The molecule has 0 saturated heterocycles. The fourth-order valence-electron chi connectivity index (χ4n) is 1.63. The van der Waals surface area contributed by atoms with E-state index in [0.29, 0.717) is 17.5 Å². The Bertz CT molecular complexity index is 617. The Kier molecular flexibility index (Phi) is 4.57. The molecular weight excluding hydrogens is 289 g/mol. The zero-order valence-corrected chi connectivity index (χ0v) is 13.1. The lowest BCUT2D eigenvalue weighted by molar-refractivity contribution is 0.331. The summed E-state index contributed by atoms with van der Waals surface area (Å²) in [4.78, 5) is 0. The van der Waals surface area contributed by atoms with Crippen LogP contribution in [-0.4, -0.2) is 10.3 Å². The number of aromatic nitrogens is 1. The third kappa shape index (κ3) is 4.53. The van der Waals surface area contributed by atoms with E-state index in [2.05, 4.69) is 15.8 Å². The maximum Gasteiger partial charge on any atom is 0.175 e. The lowest BCUT2D eigenvalue weighted by atomic mass is 9.93. The second-order valence-electron chi connectivity index (χ2n) is 5.76. The molecule has 1 heterocycles. The van der Waals surface area contributed by atoms with Gasteiger partial charge in [0.25, 0.3) is 0 Å². The quantitative estimate of drug-likeness (QED) is 0.849. The number of halogens is 1. The highest BCUT2D eigenvalue weighted by molar-refractivity contribution is 7.80. The summed E-state index contributed by atoms with van der Waals surface area (Å²) in [6.45, 7) is 6.64. The highest BCUT2D eigenvalue weighted by Gasteiger charge is 2.19. The molecule has 2 N–H and O–H groups in total. The molecule has 0 atom stereocenters. The molecule has 0 saturated carbocycles. The molecule has 112 valence electrons. The van der Waals surface area contributed by atoms with Crippen molar-refractivity contribution in [3.8, 4) is 0 Å². The van der Waals surface area contributed by atoms with Gasteiger partial charge in [-0.25, -0.2) is 4.39 Å². The van der Waals surface area contributed by atoms with Gasteiger partial charge in [0.15, 0.2) is 10.9 Å². The molecule has 0 radical (unpaired) electrons.